The van der Waals surface area contributed by atoms with Crippen molar-refractivity contribution in [1.82, 2.24) is 20.0 Å². The first-order valence-corrected chi connectivity index (χ1v) is 13.6. The maximum absolute atomic E-state index is 12.3. The van der Waals surface area contributed by atoms with E-state index in [0.717, 1.165) is 42.9 Å². The number of rotatable bonds is 9. The summed E-state index contributed by atoms with van der Waals surface area (Å²) in [4.78, 5) is 23.1. The molecule has 0 amide bonds. The summed E-state index contributed by atoms with van der Waals surface area (Å²) in [5, 5.41) is 20.2. The highest BCUT2D eigenvalue weighted by atomic mass is 16.5. The molecule has 1 aromatic carbocycles. The minimum atomic E-state index is -0.933. The van der Waals surface area contributed by atoms with E-state index in [1.54, 1.807) is 14.2 Å². The van der Waals surface area contributed by atoms with Gasteiger partial charge in [-0.2, -0.15) is 10.2 Å². The van der Waals surface area contributed by atoms with Crippen LogP contribution in [0.1, 0.15) is 67.8 Å². The van der Waals surface area contributed by atoms with Gasteiger partial charge in [0.25, 0.3) is 0 Å². The van der Waals surface area contributed by atoms with Crippen LogP contribution in [0.15, 0.2) is 30.3 Å². The fourth-order valence-electron chi connectivity index (χ4n) is 6.96. The van der Waals surface area contributed by atoms with Crippen LogP contribution in [0, 0.1) is 23.7 Å². The van der Waals surface area contributed by atoms with Gasteiger partial charge in [0.2, 0.25) is 0 Å². The normalized spacial score (nSPS) is 26.5. The molecule has 0 radical (unpaired) electrons. The maximum atomic E-state index is 12.3. The quantitative estimate of drug-likeness (QED) is 0.400. The molecular weight excluding hydrogens is 500 g/mol. The van der Waals surface area contributed by atoms with E-state index in [0.29, 0.717) is 54.4 Å². The van der Waals surface area contributed by atoms with Gasteiger partial charge in [0.05, 0.1) is 13.2 Å². The molecule has 0 bridgehead atoms. The van der Waals surface area contributed by atoms with E-state index in [9.17, 15) is 9.59 Å². The van der Waals surface area contributed by atoms with Crippen LogP contribution >= 0.6 is 0 Å². The van der Waals surface area contributed by atoms with Crippen LogP contribution < -0.4 is 0 Å². The van der Waals surface area contributed by atoms with Gasteiger partial charge in [-0.3, -0.25) is 9.78 Å². The van der Waals surface area contributed by atoms with Crippen LogP contribution in [0.4, 0.5) is 0 Å². The van der Waals surface area contributed by atoms with E-state index >= 15 is 0 Å². The molecule has 2 aromatic heterocycles. The molecule has 0 saturated heterocycles. The van der Waals surface area contributed by atoms with Gasteiger partial charge >= 0.3 is 11.9 Å². The second kappa shape index (κ2) is 10.2. The van der Waals surface area contributed by atoms with Gasteiger partial charge in [-0.15, -0.1) is 0 Å². The number of nitrogens with zero attached hydrogens (tertiary/aromatic N) is 3. The molecule has 0 spiro atoms. The Morgan fingerprint density at radius 3 is 2.33 bits per heavy atom. The molecule has 4 aliphatic rings. The highest BCUT2D eigenvalue weighted by Gasteiger charge is 2.59. The predicted molar refractivity (Wildman–Crippen MR) is 140 cm³/mol. The van der Waals surface area contributed by atoms with Crippen molar-refractivity contribution >= 4 is 11.9 Å². The standard InChI is InChI=1S/C19H22N2O3.C10H12N2O3/c1-3-24-19(22)17-14-9-13-15(11-23-2)16(13)18(14)21(20-17)10-12-7-5-4-6-8-12;1-15-3-6-4-2-5-8(7(4)6)11-12-9(5)10(13)14/h4-8,13,15-16H,3,9-11H2,1-2H3;4,6-7H,2-3H2,1H3,(H,11,12)(H,13,14)/t13-,15-,16-;4-,6-,7-/m00/s1. The van der Waals surface area contributed by atoms with Crippen LogP contribution in [-0.4, -0.2) is 71.1 Å². The number of fused-ring (bicyclic) bond motifs is 6. The molecule has 7 rings (SSSR count). The molecule has 2 saturated carbocycles. The number of methoxy groups -OCH3 is 2. The molecule has 10 nitrogen and oxygen atoms in total. The van der Waals surface area contributed by atoms with E-state index in [1.807, 2.05) is 29.8 Å². The second-order valence-corrected chi connectivity index (χ2v) is 10.9. The largest absolute Gasteiger partial charge is 0.476 e. The summed E-state index contributed by atoms with van der Waals surface area (Å²) in [6, 6.07) is 10.2. The molecular formula is C29H34N4O6. The third-order valence-corrected chi connectivity index (χ3v) is 8.75. The lowest BCUT2D eigenvalue weighted by Crippen LogP contribution is -2.10. The van der Waals surface area contributed by atoms with Crippen molar-refractivity contribution in [3.05, 3.63) is 69.8 Å². The van der Waals surface area contributed by atoms with Crippen LogP contribution in [0.25, 0.3) is 0 Å². The number of carbonyl (C=O) groups is 2. The Morgan fingerprint density at radius 1 is 1.00 bits per heavy atom. The molecule has 6 atom stereocenters. The number of aromatic carboxylic acids is 1. The lowest BCUT2D eigenvalue weighted by atomic mass is 10.1. The first-order chi connectivity index (χ1) is 19.0. The average molecular weight is 535 g/mol. The smallest absolute Gasteiger partial charge is 0.359 e. The molecule has 39 heavy (non-hydrogen) atoms. The van der Waals surface area contributed by atoms with E-state index in [-0.39, 0.29) is 11.7 Å². The van der Waals surface area contributed by atoms with Gasteiger partial charge in [-0.1, -0.05) is 30.3 Å². The number of carboxylic acids is 1. The minimum absolute atomic E-state index is 0.202. The third-order valence-electron chi connectivity index (χ3n) is 8.75. The number of aromatic nitrogens is 4. The summed E-state index contributed by atoms with van der Waals surface area (Å²) in [7, 11) is 3.45. The predicted octanol–water partition coefficient (Wildman–Crippen LogP) is 3.28. The maximum Gasteiger partial charge on any atom is 0.359 e. The highest BCUT2D eigenvalue weighted by molar-refractivity contribution is 5.90. The molecule has 2 fully saturated rings. The molecule has 10 heteroatoms. The zero-order chi connectivity index (χ0) is 27.3. The lowest BCUT2D eigenvalue weighted by Gasteiger charge is -2.08. The number of benzene rings is 1. The molecule has 206 valence electrons. The summed E-state index contributed by atoms with van der Waals surface area (Å²) >= 11 is 0. The summed E-state index contributed by atoms with van der Waals surface area (Å²) in [6.45, 7) is 4.42. The Bertz CT molecular complexity index is 1380. The van der Waals surface area contributed by atoms with Crippen LogP contribution in [-0.2, 0) is 33.6 Å². The van der Waals surface area contributed by atoms with Crippen LogP contribution in [0.3, 0.4) is 0 Å². The Hall–Kier alpha value is -3.50. The number of hydrogen-bond donors (Lipinski definition) is 2. The van der Waals surface area contributed by atoms with Gasteiger partial charge in [0.15, 0.2) is 11.4 Å². The molecule has 3 aromatic rings. The number of aromatic amines is 1. The number of nitrogens with one attached hydrogen (secondary N) is 1. The van der Waals surface area contributed by atoms with Crippen molar-refractivity contribution in [3.63, 3.8) is 0 Å². The Labute approximate surface area is 226 Å². The SMILES string of the molecule is CCOC(=O)c1nn(Cc2ccccc2)c2c1C[C@H]1[C@H](COC)[C@@H]21.COC[C@H]1[C@@H]2Cc3c(C(=O)O)n[nH]c3[C@H]12. The number of H-pyrrole nitrogens is 1. The Balaban J connectivity index is 0.000000158. The molecule has 2 N–H and O–H groups in total. The molecule has 2 heterocycles. The fraction of sp³-hybridized carbons (Fsp3) is 0.517. The summed E-state index contributed by atoms with van der Waals surface area (Å²) in [5.74, 6) is 1.98. The van der Waals surface area contributed by atoms with Gasteiger partial charge in [-0.25, -0.2) is 9.59 Å². The van der Waals surface area contributed by atoms with Crippen molar-refractivity contribution in [2.45, 2.75) is 38.1 Å². The molecule has 0 unspecified atom stereocenters. The zero-order valence-corrected chi connectivity index (χ0v) is 22.4. The monoisotopic (exact) mass is 534 g/mol. The van der Waals surface area contributed by atoms with Crippen LogP contribution in [0.5, 0.6) is 0 Å². The van der Waals surface area contributed by atoms with Gasteiger partial charge in [0, 0.05) is 61.8 Å². The second-order valence-electron chi connectivity index (χ2n) is 10.9. The summed E-state index contributed by atoms with van der Waals surface area (Å²) < 4.78 is 17.7. The Morgan fingerprint density at radius 2 is 1.67 bits per heavy atom. The first-order valence-electron chi connectivity index (χ1n) is 13.6. The van der Waals surface area contributed by atoms with Crippen molar-refractivity contribution < 1.29 is 28.9 Å². The van der Waals surface area contributed by atoms with Gasteiger partial charge in [-0.05, 0) is 49.0 Å². The van der Waals surface area contributed by atoms with Crippen molar-refractivity contribution in [2.75, 3.05) is 34.0 Å². The summed E-state index contributed by atoms with van der Waals surface area (Å²) in [5.41, 5.74) is 6.13. The first kappa shape index (κ1) is 25.8. The topological polar surface area (TPSA) is 129 Å². The van der Waals surface area contributed by atoms with E-state index in [2.05, 4.69) is 27.4 Å². The number of ether oxygens (including phenoxy) is 3. The van der Waals surface area contributed by atoms with Gasteiger partial charge in [0.1, 0.15) is 0 Å². The molecule has 0 aliphatic heterocycles. The summed E-state index contributed by atoms with van der Waals surface area (Å²) in [6.07, 6.45) is 1.75. The zero-order valence-electron chi connectivity index (χ0n) is 22.4. The van der Waals surface area contributed by atoms with Crippen molar-refractivity contribution in [2.24, 2.45) is 23.7 Å². The third kappa shape index (κ3) is 4.45. The number of carbonyl (C=O) groups excluding carboxylic acids is 1. The van der Waals surface area contributed by atoms with Gasteiger partial charge < -0.3 is 19.3 Å². The average Bonchev–Trinajstić information content (AvgIpc) is 3.42. The molecule has 4 aliphatic carbocycles. The number of carboxylic acid groups (broad SMARTS) is 1. The van der Waals surface area contributed by atoms with Crippen molar-refractivity contribution in [1.29, 1.82) is 0 Å². The van der Waals surface area contributed by atoms with E-state index in [4.69, 9.17) is 19.3 Å². The fourth-order valence-corrected chi connectivity index (χ4v) is 6.96. The minimum Gasteiger partial charge on any atom is -0.476 e. The lowest BCUT2D eigenvalue weighted by molar-refractivity contribution is 0.0516. The van der Waals surface area contributed by atoms with Crippen LogP contribution in [0.2, 0.25) is 0 Å². The van der Waals surface area contributed by atoms with E-state index in [1.165, 1.54) is 11.3 Å². The number of esters is 1. The Kier molecular flexibility index (Phi) is 6.76. The van der Waals surface area contributed by atoms with E-state index < -0.39 is 5.97 Å². The highest BCUT2D eigenvalue weighted by Crippen LogP contribution is 2.62. The van der Waals surface area contributed by atoms with Crippen molar-refractivity contribution in [3.8, 4) is 0 Å². The number of hydrogen-bond acceptors (Lipinski definition) is 7.